The highest BCUT2D eigenvalue weighted by Gasteiger charge is 2.12. The highest BCUT2D eigenvalue weighted by atomic mass is 35.5. The van der Waals surface area contributed by atoms with E-state index in [0.29, 0.717) is 21.2 Å². The van der Waals surface area contributed by atoms with E-state index in [1.807, 2.05) is 24.3 Å². The van der Waals surface area contributed by atoms with Gasteiger partial charge in [-0.2, -0.15) is 0 Å². The summed E-state index contributed by atoms with van der Waals surface area (Å²) in [4.78, 5) is 16.7. The fourth-order valence-corrected chi connectivity index (χ4v) is 3.38. The van der Waals surface area contributed by atoms with Crippen molar-refractivity contribution in [3.05, 3.63) is 64.0 Å². The molecule has 102 valence electrons. The predicted octanol–water partition coefficient (Wildman–Crippen LogP) is 4.72. The van der Waals surface area contributed by atoms with Gasteiger partial charge < -0.3 is 4.42 Å². The molecule has 4 rings (SSSR count). The van der Waals surface area contributed by atoms with Gasteiger partial charge in [-0.25, -0.2) is 9.78 Å². The third kappa shape index (κ3) is 2.13. The fraction of sp³-hybridized carbons (Fsp3) is 0. The lowest BCUT2D eigenvalue weighted by molar-refractivity contribution is 0.563. The van der Waals surface area contributed by atoms with E-state index in [9.17, 15) is 4.79 Å². The molecule has 3 nitrogen and oxygen atoms in total. The molecule has 2 aromatic carbocycles. The molecular weight excluding hydrogens is 306 g/mol. The molecule has 0 spiro atoms. The van der Waals surface area contributed by atoms with E-state index in [1.165, 1.54) is 11.3 Å². The first-order valence-electron chi connectivity index (χ1n) is 6.30. The van der Waals surface area contributed by atoms with E-state index >= 15 is 0 Å². The smallest absolute Gasteiger partial charge is 0.346 e. The van der Waals surface area contributed by atoms with Crippen LogP contribution >= 0.6 is 22.9 Å². The molecule has 0 N–H and O–H groups in total. The molecule has 2 heterocycles. The molecule has 0 amide bonds. The van der Waals surface area contributed by atoms with Crippen LogP contribution in [0.4, 0.5) is 0 Å². The van der Waals surface area contributed by atoms with Crippen LogP contribution in [-0.2, 0) is 0 Å². The van der Waals surface area contributed by atoms with Gasteiger partial charge in [0.2, 0.25) is 0 Å². The van der Waals surface area contributed by atoms with Crippen LogP contribution in [0, 0.1) is 0 Å². The van der Waals surface area contributed by atoms with Crippen LogP contribution in [0.3, 0.4) is 0 Å². The number of rotatable bonds is 1. The van der Waals surface area contributed by atoms with Crippen LogP contribution in [0.5, 0.6) is 0 Å². The molecule has 0 aliphatic rings. The van der Waals surface area contributed by atoms with Gasteiger partial charge in [0.1, 0.15) is 10.6 Å². The first-order chi connectivity index (χ1) is 10.2. The van der Waals surface area contributed by atoms with Crippen molar-refractivity contribution in [1.82, 2.24) is 4.98 Å². The van der Waals surface area contributed by atoms with Gasteiger partial charge in [0.25, 0.3) is 0 Å². The minimum absolute atomic E-state index is 0.385. The zero-order valence-electron chi connectivity index (χ0n) is 10.7. The first-order valence-corrected chi connectivity index (χ1v) is 7.49. The largest absolute Gasteiger partial charge is 0.422 e. The topological polar surface area (TPSA) is 43.1 Å². The van der Waals surface area contributed by atoms with Crippen molar-refractivity contribution >= 4 is 44.1 Å². The highest BCUT2D eigenvalue weighted by Crippen LogP contribution is 2.30. The van der Waals surface area contributed by atoms with E-state index in [2.05, 4.69) is 4.98 Å². The number of fused-ring (bicyclic) bond motifs is 2. The second-order valence-electron chi connectivity index (χ2n) is 4.62. The van der Waals surface area contributed by atoms with Gasteiger partial charge in [-0.1, -0.05) is 23.7 Å². The van der Waals surface area contributed by atoms with Crippen molar-refractivity contribution in [3.8, 4) is 10.6 Å². The molecule has 21 heavy (non-hydrogen) atoms. The summed E-state index contributed by atoms with van der Waals surface area (Å²) in [6.45, 7) is 0. The van der Waals surface area contributed by atoms with E-state index in [4.69, 9.17) is 16.0 Å². The monoisotopic (exact) mass is 313 g/mol. The Balaban J connectivity index is 2.00. The maximum absolute atomic E-state index is 12.2. The zero-order chi connectivity index (χ0) is 14.4. The summed E-state index contributed by atoms with van der Waals surface area (Å²) in [5, 5.41) is 2.05. The van der Waals surface area contributed by atoms with E-state index in [-0.39, 0.29) is 5.63 Å². The minimum atomic E-state index is -0.385. The van der Waals surface area contributed by atoms with Crippen molar-refractivity contribution in [2.75, 3.05) is 0 Å². The summed E-state index contributed by atoms with van der Waals surface area (Å²) < 4.78 is 6.39. The fourth-order valence-electron chi connectivity index (χ4n) is 2.23. The molecule has 5 heteroatoms. The van der Waals surface area contributed by atoms with Gasteiger partial charge in [0, 0.05) is 10.4 Å². The predicted molar refractivity (Wildman–Crippen MR) is 86.1 cm³/mol. The lowest BCUT2D eigenvalue weighted by Crippen LogP contribution is -2.02. The average molecular weight is 314 g/mol. The number of nitrogens with zero attached hydrogens (tertiary/aromatic N) is 1. The Bertz CT molecular complexity index is 1000. The van der Waals surface area contributed by atoms with E-state index in [0.717, 1.165) is 15.6 Å². The molecule has 0 unspecified atom stereocenters. The van der Waals surface area contributed by atoms with Crippen LogP contribution in [0.25, 0.3) is 31.8 Å². The van der Waals surface area contributed by atoms with Crippen LogP contribution in [-0.4, -0.2) is 4.98 Å². The number of halogens is 1. The summed E-state index contributed by atoms with van der Waals surface area (Å²) >= 11 is 7.46. The normalized spacial score (nSPS) is 11.3. The van der Waals surface area contributed by atoms with Gasteiger partial charge in [0.05, 0.1) is 15.8 Å². The van der Waals surface area contributed by atoms with Crippen molar-refractivity contribution < 1.29 is 4.42 Å². The molecule has 2 aromatic heterocycles. The Morgan fingerprint density at radius 1 is 1.10 bits per heavy atom. The maximum atomic E-state index is 12.2. The lowest BCUT2D eigenvalue weighted by Gasteiger charge is -1.99. The molecule has 0 aliphatic carbocycles. The van der Waals surface area contributed by atoms with Crippen LogP contribution < -0.4 is 5.63 Å². The minimum Gasteiger partial charge on any atom is -0.422 e. The molecular formula is C16H8ClNO2S. The number of hydrogen-bond donors (Lipinski definition) is 0. The molecule has 0 saturated heterocycles. The Morgan fingerprint density at radius 3 is 2.81 bits per heavy atom. The van der Waals surface area contributed by atoms with Gasteiger partial charge >= 0.3 is 5.63 Å². The second kappa shape index (κ2) is 4.69. The summed E-state index contributed by atoms with van der Waals surface area (Å²) in [6, 6.07) is 14.7. The van der Waals surface area contributed by atoms with Crippen molar-refractivity contribution in [3.63, 3.8) is 0 Å². The Labute approximate surface area is 128 Å². The Kier molecular flexibility index (Phi) is 2.80. The van der Waals surface area contributed by atoms with Crippen LogP contribution in [0.1, 0.15) is 0 Å². The maximum Gasteiger partial charge on any atom is 0.346 e. The Hall–Kier alpha value is -2.17. The zero-order valence-corrected chi connectivity index (χ0v) is 12.2. The van der Waals surface area contributed by atoms with Gasteiger partial charge in [-0.3, -0.25) is 0 Å². The number of thiazole rings is 1. The molecule has 4 aromatic rings. The average Bonchev–Trinajstić information content (AvgIpc) is 2.90. The molecule has 0 aliphatic heterocycles. The number of hydrogen-bond acceptors (Lipinski definition) is 4. The van der Waals surface area contributed by atoms with Crippen molar-refractivity contribution in [2.24, 2.45) is 0 Å². The summed E-state index contributed by atoms with van der Waals surface area (Å²) in [7, 11) is 0. The van der Waals surface area contributed by atoms with Crippen LogP contribution in [0.15, 0.2) is 57.7 Å². The number of benzene rings is 2. The van der Waals surface area contributed by atoms with Gasteiger partial charge in [0.15, 0.2) is 0 Å². The highest BCUT2D eigenvalue weighted by molar-refractivity contribution is 7.21. The summed E-state index contributed by atoms with van der Waals surface area (Å²) in [6.07, 6.45) is 0. The molecule has 0 fully saturated rings. The third-order valence-corrected chi connectivity index (χ3v) is 4.52. The van der Waals surface area contributed by atoms with Crippen molar-refractivity contribution in [2.45, 2.75) is 0 Å². The summed E-state index contributed by atoms with van der Waals surface area (Å²) in [5.74, 6) is 0. The quantitative estimate of drug-likeness (QED) is 0.477. The van der Waals surface area contributed by atoms with Gasteiger partial charge in [-0.15, -0.1) is 11.3 Å². The molecule has 0 radical (unpaired) electrons. The third-order valence-electron chi connectivity index (χ3n) is 3.22. The van der Waals surface area contributed by atoms with Crippen molar-refractivity contribution in [1.29, 1.82) is 0 Å². The SMILES string of the molecule is O=c1oc2ccc(Cl)cc2cc1-c1nc2ccccc2s1. The van der Waals surface area contributed by atoms with Crippen LogP contribution in [0.2, 0.25) is 5.02 Å². The number of aromatic nitrogens is 1. The molecule has 0 atom stereocenters. The van der Waals surface area contributed by atoms with E-state index < -0.39 is 0 Å². The number of para-hydroxylation sites is 1. The Morgan fingerprint density at radius 2 is 1.95 bits per heavy atom. The summed E-state index contributed by atoms with van der Waals surface area (Å²) in [5.41, 5.74) is 1.48. The standard InChI is InChI=1S/C16H8ClNO2S/c17-10-5-6-13-9(7-10)8-11(16(19)20-13)15-18-12-3-1-2-4-14(12)21-15/h1-8H. The first kappa shape index (κ1) is 12.6. The molecule has 0 bridgehead atoms. The lowest BCUT2D eigenvalue weighted by atomic mass is 10.2. The second-order valence-corrected chi connectivity index (χ2v) is 6.08. The van der Waals surface area contributed by atoms with E-state index in [1.54, 1.807) is 24.3 Å². The van der Waals surface area contributed by atoms with Gasteiger partial charge in [-0.05, 0) is 36.4 Å². The molecule has 0 saturated carbocycles.